The number of benzene rings is 1. The van der Waals surface area contributed by atoms with Gasteiger partial charge in [-0.15, -0.1) is 0 Å². The molecule has 0 atom stereocenters. The summed E-state index contributed by atoms with van der Waals surface area (Å²) in [6, 6.07) is 7.56. The van der Waals surface area contributed by atoms with Gasteiger partial charge in [-0.1, -0.05) is 0 Å². The highest BCUT2D eigenvalue weighted by atomic mass is 16.6. The van der Waals surface area contributed by atoms with Crippen LogP contribution in [0.3, 0.4) is 0 Å². The number of oxazole rings is 1. The van der Waals surface area contributed by atoms with E-state index in [1.54, 1.807) is 18.3 Å². The Morgan fingerprint density at radius 1 is 1.37 bits per heavy atom. The lowest BCUT2D eigenvalue weighted by molar-refractivity contribution is -0.384. The summed E-state index contributed by atoms with van der Waals surface area (Å²) in [5, 5.41) is 16.7. The van der Waals surface area contributed by atoms with E-state index in [1.807, 2.05) is 0 Å². The number of nitrogens with one attached hydrogen (secondary N) is 2. The fourth-order valence-electron chi connectivity index (χ4n) is 2.68. The first kappa shape index (κ1) is 18.1. The summed E-state index contributed by atoms with van der Waals surface area (Å²) in [6.07, 6.45) is 2.09. The van der Waals surface area contributed by atoms with Gasteiger partial charge in [0.1, 0.15) is 5.69 Å². The lowest BCUT2D eigenvalue weighted by Gasteiger charge is -2.08. The van der Waals surface area contributed by atoms with Crippen LogP contribution >= 0.6 is 0 Å². The molecule has 0 aliphatic heterocycles. The Morgan fingerprint density at radius 3 is 2.93 bits per heavy atom. The van der Waals surface area contributed by atoms with Gasteiger partial charge < -0.3 is 15.1 Å². The van der Waals surface area contributed by atoms with Crippen LogP contribution < -0.4 is 16.4 Å². The largest absolute Gasteiger partial charge is 0.421 e. The highest BCUT2D eigenvalue weighted by Crippen LogP contribution is 2.25. The molecule has 1 amide bonds. The Hall–Kier alpha value is -3.69. The standard InChI is InChI=1S/C17H17N5O5/c1-18-16(23)11-5-6-12(13(10-11)22(25)26)19-8-3-9-21-15-14(27-17(21)24)4-2-7-20-15/h2,4-7,10,19H,3,8-9H2,1H3,(H,18,23). The van der Waals surface area contributed by atoms with Gasteiger partial charge in [-0.2, -0.15) is 0 Å². The second kappa shape index (κ2) is 7.68. The number of aromatic nitrogens is 2. The summed E-state index contributed by atoms with van der Waals surface area (Å²) < 4.78 is 6.53. The SMILES string of the molecule is CNC(=O)c1ccc(NCCCn2c(=O)oc3cccnc32)c([N+](=O)[O-])c1. The van der Waals surface area contributed by atoms with Gasteiger partial charge in [-0.05, 0) is 30.7 Å². The zero-order valence-electron chi connectivity index (χ0n) is 14.5. The number of rotatable bonds is 7. The van der Waals surface area contributed by atoms with E-state index >= 15 is 0 Å². The number of hydrogen-bond donors (Lipinski definition) is 2. The summed E-state index contributed by atoms with van der Waals surface area (Å²) in [6.45, 7) is 0.728. The van der Waals surface area contributed by atoms with Gasteiger partial charge in [0.25, 0.3) is 11.6 Å². The minimum atomic E-state index is -0.549. The second-order valence-electron chi connectivity index (χ2n) is 5.69. The van der Waals surface area contributed by atoms with Gasteiger partial charge in [-0.3, -0.25) is 19.5 Å². The van der Waals surface area contributed by atoms with Crippen molar-refractivity contribution in [3.63, 3.8) is 0 Å². The van der Waals surface area contributed by atoms with E-state index in [0.29, 0.717) is 36.4 Å². The number of nitro groups is 1. The molecule has 0 spiro atoms. The fourth-order valence-corrected chi connectivity index (χ4v) is 2.68. The Kier molecular flexibility index (Phi) is 5.15. The van der Waals surface area contributed by atoms with Crippen LogP contribution in [0.4, 0.5) is 11.4 Å². The van der Waals surface area contributed by atoms with Crippen LogP contribution in [-0.4, -0.2) is 34.0 Å². The molecule has 3 aromatic rings. The average Bonchev–Trinajstić information content (AvgIpc) is 2.99. The zero-order chi connectivity index (χ0) is 19.4. The molecule has 10 nitrogen and oxygen atoms in total. The Bertz CT molecular complexity index is 1060. The maximum Gasteiger partial charge on any atom is 0.421 e. The fraction of sp³-hybridized carbons (Fsp3) is 0.235. The molecule has 27 heavy (non-hydrogen) atoms. The first-order chi connectivity index (χ1) is 13.0. The molecule has 0 radical (unpaired) electrons. The number of hydrogen-bond acceptors (Lipinski definition) is 7. The smallest absolute Gasteiger partial charge is 0.406 e. The van der Waals surface area contributed by atoms with Crippen LogP contribution in [-0.2, 0) is 6.54 Å². The first-order valence-electron chi connectivity index (χ1n) is 8.20. The minimum Gasteiger partial charge on any atom is -0.406 e. The molecule has 1 aromatic carbocycles. The van der Waals surface area contributed by atoms with Crippen molar-refractivity contribution in [3.8, 4) is 0 Å². The number of nitrogens with zero attached hydrogens (tertiary/aromatic N) is 3. The number of amides is 1. The molecule has 0 unspecified atom stereocenters. The Labute approximate surface area is 153 Å². The van der Waals surface area contributed by atoms with Crippen LogP contribution in [0.25, 0.3) is 11.2 Å². The van der Waals surface area contributed by atoms with Crippen molar-refractivity contribution in [2.75, 3.05) is 18.9 Å². The van der Waals surface area contributed by atoms with Crippen molar-refractivity contribution in [2.24, 2.45) is 0 Å². The monoisotopic (exact) mass is 371 g/mol. The molecule has 140 valence electrons. The number of pyridine rings is 1. The van der Waals surface area contributed by atoms with Gasteiger partial charge in [0.15, 0.2) is 11.2 Å². The number of aryl methyl sites for hydroxylation is 1. The number of anilines is 1. The number of carbonyl (C=O) groups excluding carboxylic acids is 1. The van der Waals surface area contributed by atoms with Crippen LogP contribution in [0.5, 0.6) is 0 Å². The Balaban J connectivity index is 1.68. The van der Waals surface area contributed by atoms with Crippen molar-refractivity contribution in [3.05, 3.63) is 62.8 Å². The van der Waals surface area contributed by atoms with Gasteiger partial charge in [0.2, 0.25) is 0 Å². The molecule has 3 rings (SSSR count). The maximum atomic E-state index is 11.9. The molecule has 0 saturated carbocycles. The third kappa shape index (κ3) is 3.78. The Morgan fingerprint density at radius 2 is 2.19 bits per heavy atom. The molecule has 0 aliphatic carbocycles. The third-order valence-corrected chi connectivity index (χ3v) is 3.98. The number of fused-ring (bicyclic) bond motifs is 1. The molecule has 2 heterocycles. The van der Waals surface area contributed by atoms with Gasteiger partial charge in [-0.25, -0.2) is 9.78 Å². The van der Waals surface area contributed by atoms with Crippen LogP contribution in [0.1, 0.15) is 16.8 Å². The quantitative estimate of drug-likeness (QED) is 0.367. The highest BCUT2D eigenvalue weighted by molar-refractivity contribution is 5.95. The molecule has 10 heteroatoms. The lowest BCUT2D eigenvalue weighted by atomic mass is 10.1. The van der Waals surface area contributed by atoms with E-state index in [2.05, 4.69) is 15.6 Å². The van der Waals surface area contributed by atoms with Crippen molar-refractivity contribution in [2.45, 2.75) is 13.0 Å². The minimum absolute atomic E-state index is 0.191. The summed E-state index contributed by atoms with van der Waals surface area (Å²) >= 11 is 0. The van der Waals surface area contributed by atoms with Crippen LogP contribution in [0.15, 0.2) is 45.7 Å². The van der Waals surface area contributed by atoms with Crippen LogP contribution in [0, 0.1) is 10.1 Å². The molecular formula is C17H17N5O5. The van der Waals surface area contributed by atoms with Gasteiger partial charge in [0, 0.05) is 38.0 Å². The predicted octanol–water partition coefficient (Wildman–Crippen LogP) is 1.76. The van der Waals surface area contributed by atoms with E-state index in [0.717, 1.165) is 0 Å². The van der Waals surface area contributed by atoms with E-state index in [-0.39, 0.29) is 11.3 Å². The molecular weight excluding hydrogens is 354 g/mol. The molecule has 0 aliphatic rings. The lowest BCUT2D eigenvalue weighted by Crippen LogP contribution is -2.18. The summed E-state index contributed by atoms with van der Waals surface area (Å²) in [5.41, 5.74) is 1.19. The summed E-state index contributed by atoms with van der Waals surface area (Å²) in [7, 11) is 1.46. The number of nitro benzene ring substituents is 1. The second-order valence-corrected chi connectivity index (χ2v) is 5.69. The van der Waals surface area contributed by atoms with Gasteiger partial charge in [0.05, 0.1) is 4.92 Å². The molecule has 2 aromatic heterocycles. The van der Waals surface area contributed by atoms with E-state index < -0.39 is 16.6 Å². The zero-order valence-corrected chi connectivity index (χ0v) is 14.5. The highest BCUT2D eigenvalue weighted by Gasteiger charge is 2.17. The average molecular weight is 371 g/mol. The topological polar surface area (TPSA) is 132 Å². The summed E-state index contributed by atoms with van der Waals surface area (Å²) in [5.74, 6) is -0.895. The van der Waals surface area contributed by atoms with Gasteiger partial charge >= 0.3 is 5.76 Å². The third-order valence-electron chi connectivity index (χ3n) is 3.98. The molecule has 0 bridgehead atoms. The molecule has 0 fully saturated rings. The first-order valence-corrected chi connectivity index (χ1v) is 8.20. The van der Waals surface area contributed by atoms with E-state index in [9.17, 15) is 19.7 Å². The van der Waals surface area contributed by atoms with Crippen LogP contribution in [0.2, 0.25) is 0 Å². The normalized spacial score (nSPS) is 10.7. The van der Waals surface area contributed by atoms with Crippen molar-refractivity contribution in [1.29, 1.82) is 0 Å². The molecule has 2 N–H and O–H groups in total. The van der Waals surface area contributed by atoms with E-state index in [1.165, 1.54) is 29.8 Å². The maximum absolute atomic E-state index is 11.9. The van der Waals surface area contributed by atoms with Crippen molar-refractivity contribution >= 4 is 28.5 Å². The number of carbonyl (C=O) groups is 1. The van der Waals surface area contributed by atoms with Crippen molar-refractivity contribution < 1.29 is 14.1 Å². The summed E-state index contributed by atoms with van der Waals surface area (Å²) in [4.78, 5) is 38.4. The van der Waals surface area contributed by atoms with Crippen molar-refractivity contribution in [1.82, 2.24) is 14.9 Å². The van der Waals surface area contributed by atoms with E-state index in [4.69, 9.17) is 4.42 Å². The predicted molar refractivity (Wildman–Crippen MR) is 97.9 cm³/mol. The molecule has 0 saturated heterocycles.